The first kappa shape index (κ1) is 18.5. The Balaban J connectivity index is 2.79. The predicted molar refractivity (Wildman–Crippen MR) is 81.7 cm³/mol. The number of rotatable bonds is 7. The number of amides is 1. The van der Waals surface area contributed by atoms with Crippen LogP contribution in [0.15, 0.2) is 30.3 Å². The van der Waals surface area contributed by atoms with Crippen molar-refractivity contribution in [3.05, 3.63) is 35.9 Å². The zero-order valence-electron chi connectivity index (χ0n) is 13.4. The van der Waals surface area contributed by atoms with E-state index in [1.807, 2.05) is 6.07 Å². The fraction of sp³-hybridized carbons (Fsp3) is 0.438. The van der Waals surface area contributed by atoms with E-state index in [-0.39, 0.29) is 19.6 Å². The SMILES string of the molecule is COC(=O)CCN(C(=O)OCc1ccccc1)C(C)(C)C(=O)O. The molecule has 1 amide bonds. The number of carboxylic acid groups (broad SMARTS) is 1. The lowest BCUT2D eigenvalue weighted by molar-refractivity contribution is -0.150. The normalized spacial score (nSPS) is 10.7. The van der Waals surface area contributed by atoms with E-state index in [0.717, 1.165) is 10.5 Å². The van der Waals surface area contributed by atoms with E-state index in [4.69, 9.17) is 4.74 Å². The maximum Gasteiger partial charge on any atom is 0.411 e. The Morgan fingerprint density at radius 3 is 2.30 bits per heavy atom. The molecule has 1 aromatic carbocycles. The molecule has 0 saturated carbocycles. The molecule has 0 fully saturated rings. The maximum atomic E-state index is 12.3. The summed E-state index contributed by atoms with van der Waals surface area (Å²) in [6.45, 7) is 2.65. The summed E-state index contributed by atoms with van der Waals surface area (Å²) in [5.41, 5.74) is -0.733. The molecule has 0 saturated heterocycles. The van der Waals surface area contributed by atoms with Crippen molar-refractivity contribution in [3.63, 3.8) is 0 Å². The average molecular weight is 323 g/mol. The Bertz CT molecular complexity index is 555. The molecule has 1 N–H and O–H groups in total. The Kier molecular flexibility index (Phi) is 6.56. The highest BCUT2D eigenvalue weighted by molar-refractivity contribution is 5.84. The third-order valence-electron chi connectivity index (χ3n) is 3.39. The van der Waals surface area contributed by atoms with E-state index < -0.39 is 23.6 Å². The van der Waals surface area contributed by atoms with E-state index in [1.54, 1.807) is 24.3 Å². The number of ether oxygens (including phenoxy) is 2. The molecule has 0 radical (unpaired) electrons. The van der Waals surface area contributed by atoms with Gasteiger partial charge in [-0.05, 0) is 19.4 Å². The van der Waals surface area contributed by atoms with Crippen molar-refractivity contribution in [1.29, 1.82) is 0 Å². The van der Waals surface area contributed by atoms with Gasteiger partial charge in [0.05, 0.1) is 13.5 Å². The van der Waals surface area contributed by atoms with Crippen LogP contribution in [0.25, 0.3) is 0 Å². The van der Waals surface area contributed by atoms with E-state index in [1.165, 1.54) is 21.0 Å². The average Bonchev–Trinajstić information content (AvgIpc) is 2.53. The Morgan fingerprint density at radius 1 is 1.17 bits per heavy atom. The van der Waals surface area contributed by atoms with Crippen LogP contribution >= 0.6 is 0 Å². The van der Waals surface area contributed by atoms with Gasteiger partial charge < -0.3 is 14.6 Å². The third-order valence-corrected chi connectivity index (χ3v) is 3.39. The number of nitrogens with zero attached hydrogens (tertiary/aromatic N) is 1. The summed E-state index contributed by atoms with van der Waals surface area (Å²) < 4.78 is 9.68. The summed E-state index contributed by atoms with van der Waals surface area (Å²) in [5.74, 6) is -1.73. The van der Waals surface area contributed by atoms with Crippen molar-refractivity contribution in [3.8, 4) is 0 Å². The quantitative estimate of drug-likeness (QED) is 0.772. The highest BCUT2D eigenvalue weighted by Gasteiger charge is 2.39. The predicted octanol–water partition coefficient (Wildman–Crippen LogP) is 2.05. The molecular formula is C16H21NO6. The lowest BCUT2D eigenvalue weighted by atomic mass is 10.0. The number of hydrogen-bond donors (Lipinski definition) is 1. The number of carbonyl (C=O) groups excluding carboxylic acids is 2. The van der Waals surface area contributed by atoms with Crippen LogP contribution in [0, 0.1) is 0 Å². The van der Waals surface area contributed by atoms with E-state index in [2.05, 4.69) is 4.74 Å². The van der Waals surface area contributed by atoms with Crippen LogP contribution in [0.3, 0.4) is 0 Å². The van der Waals surface area contributed by atoms with Crippen LogP contribution in [-0.2, 0) is 25.7 Å². The molecular weight excluding hydrogens is 302 g/mol. The molecule has 0 unspecified atom stereocenters. The van der Waals surface area contributed by atoms with Crippen molar-refractivity contribution in [2.24, 2.45) is 0 Å². The maximum absolute atomic E-state index is 12.3. The minimum atomic E-state index is -1.51. The van der Waals surface area contributed by atoms with Gasteiger partial charge in [0.2, 0.25) is 0 Å². The van der Waals surface area contributed by atoms with Crippen molar-refractivity contribution < 1.29 is 29.0 Å². The van der Waals surface area contributed by atoms with E-state index in [0.29, 0.717) is 0 Å². The fourth-order valence-corrected chi connectivity index (χ4v) is 1.82. The third kappa shape index (κ3) is 5.28. The highest BCUT2D eigenvalue weighted by atomic mass is 16.6. The Labute approximate surface area is 134 Å². The molecule has 0 aliphatic heterocycles. The number of methoxy groups -OCH3 is 1. The lowest BCUT2D eigenvalue weighted by Crippen LogP contribution is -2.53. The van der Waals surface area contributed by atoms with Gasteiger partial charge in [-0.15, -0.1) is 0 Å². The molecule has 7 nitrogen and oxygen atoms in total. The first-order valence-electron chi connectivity index (χ1n) is 7.07. The van der Waals surface area contributed by atoms with Crippen molar-refractivity contribution in [2.45, 2.75) is 32.4 Å². The molecule has 0 bridgehead atoms. The molecule has 0 aliphatic rings. The molecule has 23 heavy (non-hydrogen) atoms. The summed E-state index contributed by atoms with van der Waals surface area (Å²) in [4.78, 5) is 35.9. The van der Waals surface area contributed by atoms with Crippen LogP contribution in [0.1, 0.15) is 25.8 Å². The standard InChI is InChI=1S/C16H21NO6/c1-16(2,14(19)20)17(10-9-13(18)22-3)15(21)23-11-12-7-5-4-6-8-12/h4-8H,9-11H2,1-3H3,(H,19,20). The minimum Gasteiger partial charge on any atom is -0.480 e. The molecule has 0 heterocycles. The number of benzene rings is 1. The Morgan fingerprint density at radius 2 is 1.78 bits per heavy atom. The lowest BCUT2D eigenvalue weighted by Gasteiger charge is -2.33. The molecule has 0 spiro atoms. The number of hydrogen-bond acceptors (Lipinski definition) is 5. The number of aliphatic carboxylic acids is 1. The minimum absolute atomic E-state index is 0.0180. The van der Waals surface area contributed by atoms with Crippen molar-refractivity contribution >= 4 is 18.0 Å². The number of carbonyl (C=O) groups is 3. The van der Waals surface area contributed by atoms with Crippen LogP contribution in [0.4, 0.5) is 4.79 Å². The van der Waals surface area contributed by atoms with Crippen molar-refractivity contribution in [1.82, 2.24) is 4.90 Å². The molecule has 1 rings (SSSR count). The summed E-state index contributed by atoms with van der Waals surface area (Å²) in [5, 5.41) is 9.30. The summed E-state index contributed by atoms with van der Waals surface area (Å²) >= 11 is 0. The van der Waals surface area contributed by atoms with Crippen LogP contribution in [-0.4, -0.2) is 47.2 Å². The van der Waals surface area contributed by atoms with Gasteiger partial charge in [0.15, 0.2) is 0 Å². The summed E-state index contributed by atoms with van der Waals surface area (Å²) in [7, 11) is 1.22. The molecule has 0 aromatic heterocycles. The van der Waals surface area contributed by atoms with Gasteiger partial charge in [-0.2, -0.15) is 0 Å². The molecule has 1 aromatic rings. The van der Waals surface area contributed by atoms with Crippen LogP contribution in [0.2, 0.25) is 0 Å². The number of esters is 1. The van der Waals surface area contributed by atoms with E-state index in [9.17, 15) is 19.5 Å². The van der Waals surface area contributed by atoms with Crippen LogP contribution in [0.5, 0.6) is 0 Å². The largest absolute Gasteiger partial charge is 0.480 e. The Hall–Kier alpha value is -2.57. The van der Waals surface area contributed by atoms with E-state index >= 15 is 0 Å². The second-order valence-corrected chi connectivity index (χ2v) is 5.38. The topological polar surface area (TPSA) is 93.1 Å². The fourth-order valence-electron chi connectivity index (χ4n) is 1.82. The molecule has 0 atom stereocenters. The van der Waals surface area contributed by atoms with Gasteiger partial charge in [-0.25, -0.2) is 9.59 Å². The second kappa shape index (κ2) is 8.17. The molecule has 126 valence electrons. The van der Waals surface area contributed by atoms with Gasteiger partial charge in [0.1, 0.15) is 12.1 Å². The van der Waals surface area contributed by atoms with Gasteiger partial charge >= 0.3 is 18.0 Å². The van der Waals surface area contributed by atoms with Crippen molar-refractivity contribution in [2.75, 3.05) is 13.7 Å². The molecule has 0 aliphatic carbocycles. The van der Waals surface area contributed by atoms with Crippen LogP contribution < -0.4 is 0 Å². The van der Waals surface area contributed by atoms with Gasteiger partial charge in [0, 0.05) is 6.54 Å². The summed E-state index contributed by atoms with van der Waals surface area (Å²) in [6, 6.07) is 9.02. The zero-order valence-corrected chi connectivity index (χ0v) is 13.4. The number of carboxylic acids is 1. The van der Waals surface area contributed by atoms with Gasteiger partial charge in [-0.1, -0.05) is 30.3 Å². The molecule has 7 heteroatoms. The smallest absolute Gasteiger partial charge is 0.411 e. The van der Waals surface area contributed by atoms with Gasteiger partial charge in [-0.3, -0.25) is 9.69 Å². The highest BCUT2D eigenvalue weighted by Crippen LogP contribution is 2.18. The zero-order chi connectivity index (χ0) is 17.5. The summed E-state index contributed by atoms with van der Waals surface area (Å²) in [6.07, 6.45) is -0.918. The van der Waals surface area contributed by atoms with Gasteiger partial charge in [0.25, 0.3) is 0 Å². The first-order chi connectivity index (χ1) is 10.8. The monoisotopic (exact) mass is 323 g/mol. The first-order valence-corrected chi connectivity index (χ1v) is 7.07. The second-order valence-electron chi connectivity index (χ2n) is 5.38.